The fourth-order valence-electron chi connectivity index (χ4n) is 3.03. The Labute approximate surface area is 140 Å². The van der Waals surface area contributed by atoms with Gasteiger partial charge in [-0.05, 0) is 62.2 Å². The molecular weight excluding hydrogens is 308 g/mol. The third kappa shape index (κ3) is 2.84. The Kier molecular flexibility index (Phi) is 4.14. The second-order valence-corrected chi connectivity index (χ2v) is 6.14. The summed E-state index contributed by atoms with van der Waals surface area (Å²) < 4.78 is 2.03. The summed E-state index contributed by atoms with van der Waals surface area (Å²) >= 11 is 6.11. The largest absolute Gasteiger partial charge is 0.337 e. The molecule has 1 aromatic heterocycles. The minimum absolute atomic E-state index is 0.0951. The summed E-state index contributed by atoms with van der Waals surface area (Å²) in [5, 5.41) is 4.70. The predicted molar refractivity (Wildman–Crippen MR) is 96.5 cm³/mol. The van der Waals surface area contributed by atoms with Gasteiger partial charge in [0, 0.05) is 28.2 Å². The molecule has 118 valence electrons. The lowest BCUT2D eigenvalue weighted by Crippen LogP contribution is -2.17. The lowest BCUT2D eigenvalue weighted by molar-refractivity contribution is 0.101. The van der Waals surface area contributed by atoms with Crippen LogP contribution in [0.25, 0.3) is 10.9 Å². The Balaban J connectivity index is 2.08. The van der Waals surface area contributed by atoms with Crippen LogP contribution in [0.4, 0.5) is 5.69 Å². The van der Waals surface area contributed by atoms with E-state index in [9.17, 15) is 4.79 Å². The maximum Gasteiger partial charge on any atom is 0.272 e. The molecule has 0 aliphatic heterocycles. The van der Waals surface area contributed by atoms with E-state index in [2.05, 4.69) is 5.32 Å². The normalized spacial score (nSPS) is 11.0. The highest BCUT2D eigenvalue weighted by molar-refractivity contribution is 6.31. The van der Waals surface area contributed by atoms with E-state index in [0.717, 1.165) is 34.3 Å². The van der Waals surface area contributed by atoms with E-state index in [1.165, 1.54) is 0 Å². The number of amides is 1. The molecule has 0 saturated heterocycles. The summed E-state index contributed by atoms with van der Waals surface area (Å²) in [5.41, 5.74) is 4.59. The van der Waals surface area contributed by atoms with Gasteiger partial charge >= 0.3 is 0 Å². The Hall–Kier alpha value is -2.26. The zero-order valence-corrected chi connectivity index (χ0v) is 14.2. The van der Waals surface area contributed by atoms with Gasteiger partial charge in [-0.1, -0.05) is 23.7 Å². The molecule has 2 aromatic carbocycles. The topological polar surface area (TPSA) is 34.0 Å². The molecule has 0 atom stereocenters. The summed E-state index contributed by atoms with van der Waals surface area (Å²) in [7, 11) is 0. The fourth-order valence-corrected chi connectivity index (χ4v) is 3.20. The molecule has 0 aliphatic carbocycles. The van der Waals surface area contributed by atoms with Crippen molar-refractivity contribution in [3.8, 4) is 0 Å². The van der Waals surface area contributed by atoms with E-state index in [1.807, 2.05) is 67.8 Å². The van der Waals surface area contributed by atoms with Crippen LogP contribution < -0.4 is 5.32 Å². The van der Waals surface area contributed by atoms with E-state index in [4.69, 9.17) is 11.6 Å². The highest BCUT2D eigenvalue weighted by Crippen LogP contribution is 2.29. The standard InChI is InChI=1S/C19H19ClN2O/c1-4-22-17-9-8-14(20)11-16(17)13(3)18(22)19(23)21-15-7-5-6-12(2)10-15/h5-11H,4H2,1-3H3,(H,21,23). The maximum atomic E-state index is 12.8. The molecule has 0 spiro atoms. The van der Waals surface area contributed by atoms with E-state index in [0.29, 0.717) is 10.7 Å². The third-order valence-electron chi connectivity index (χ3n) is 4.09. The Bertz CT molecular complexity index is 896. The molecule has 4 heteroatoms. The molecule has 0 saturated carbocycles. The first kappa shape index (κ1) is 15.6. The minimum Gasteiger partial charge on any atom is -0.337 e. The fraction of sp³-hybridized carbons (Fsp3) is 0.211. The molecular formula is C19H19ClN2O. The predicted octanol–water partition coefficient (Wildman–Crippen LogP) is 5.18. The first-order chi connectivity index (χ1) is 11.0. The first-order valence-corrected chi connectivity index (χ1v) is 8.05. The van der Waals surface area contributed by atoms with Gasteiger partial charge in [0.15, 0.2) is 0 Å². The Morgan fingerprint density at radius 2 is 1.96 bits per heavy atom. The molecule has 1 heterocycles. The van der Waals surface area contributed by atoms with Gasteiger partial charge in [0.1, 0.15) is 5.69 Å². The number of carbonyl (C=O) groups is 1. The van der Waals surface area contributed by atoms with Gasteiger partial charge in [-0.3, -0.25) is 4.79 Å². The van der Waals surface area contributed by atoms with Crippen molar-refractivity contribution < 1.29 is 4.79 Å². The van der Waals surface area contributed by atoms with Gasteiger partial charge in [-0.15, -0.1) is 0 Å². The lowest BCUT2D eigenvalue weighted by Gasteiger charge is -2.10. The van der Waals surface area contributed by atoms with Gasteiger partial charge in [0.2, 0.25) is 0 Å². The summed E-state index contributed by atoms with van der Waals surface area (Å²) in [5.74, 6) is -0.0951. The second kappa shape index (κ2) is 6.09. The van der Waals surface area contributed by atoms with Crippen LogP contribution in [0.5, 0.6) is 0 Å². The summed E-state index contributed by atoms with van der Waals surface area (Å²) in [6.45, 7) is 6.74. The number of fused-ring (bicyclic) bond motifs is 1. The van der Waals surface area contributed by atoms with Crippen LogP contribution in [0.3, 0.4) is 0 Å². The number of anilines is 1. The molecule has 1 amide bonds. The first-order valence-electron chi connectivity index (χ1n) is 7.67. The van der Waals surface area contributed by atoms with Crippen molar-refractivity contribution in [2.75, 3.05) is 5.32 Å². The van der Waals surface area contributed by atoms with Crippen LogP contribution in [0.2, 0.25) is 5.02 Å². The average Bonchev–Trinajstić information content (AvgIpc) is 2.79. The SMILES string of the molecule is CCn1c(C(=O)Nc2cccc(C)c2)c(C)c2cc(Cl)ccc21. The molecule has 1 N–H and O–H groups in total. The zero-order valence-electron chi connectivity index (χ0n) is 13.5. The summed E-state index contributed by atoms with van der Waals surface area (Å²) in [4.78, 5) is 12.8. The van der Waals surface area contributed by atoms with Gasteiger partial charge in [-0.25, -0.2) is 0 Å². The van der Waals surface area contributed by atoms with Crippen LogP contribution >= 0.6 is 11.6 Å². The Morgan fingerprint density at radius 1 is 1.17 bits per heavy atom. The molecule has 0 aliphatic rings. The monoisotopic (exact) mass is 326 g/mol. The van der Waals surface area contributed by atoms with E-state index in [1.54, 1.807) is 0 Å². The summed E-state index contributed by atoms with van der Waals surface area (Å²) in [6.07, 6.45) is 0. The van der Waals surface area contributed by atoms with E-state index < -0.39 is 0 Å². The van der Waals surface area contributed by atoms with Crippen LogP contribution in [0.1, 0.15) is 28.5 Å². The van der Waals surface area contributed by atoms with Gasteiger partial charge < -0.3 is 9.88 Å². The third-order valence-corrected chi connectivity index (χ3v) is 4.32. The quantitative estimate of drug-likeness (QED) is 0.706. The summed E-state index contributed by atoms with van der Waals surface area (Å²) in [6, 6.07) is 13.6. The van der Waals surface area contributed by atoms with Gasteiger partial charge in [-0.2, -0.15) is 0 Å². The van der Waals surface area contributed by atoms with Crippen molar-refractivity contribution in [2.45, 2.75) is 27.3 Å². The zero-order chi connectivity index (χ0) is 16.6. The van der Waals surface area contributed by atoms with Crippen LogP contribution in [0, 0.1) is 13.8 Å². The van der Waals surface area contributed by atoms with Crippen LogP contribution in [-0.4, -0.2) is 10.5 Å². The smallest absolute Gasteiger partial charge is 0.272 e. The van der Waals surface area contributed by atoms with Crippen molar-refractivity contribution >= 4 is 34.1 Å². The molecule has 3 nitrogen and oxygen atoms in total. The number of aromatic nitrogens is 1. The van der Waals surface area contributed by atoms with Gasteiger partial charge in [0.25, 0.3) is 5.91 Å². The number of hydrogen-bond donors (Lipinski definition) is 1. The van der Waals surface area contributed by atoms with E-state index in [-0.39, 0.29) is 5.91 Å². The number of benzene rings is 2. The molecule has 0 fully saturated rings. The van der Waals surface area contributed by atoms with Crippen molar-refractivity contribution in [2.24, 2.45) is 0 Å². The number of aryl methyl sites for hydroxylation is 3. The average molecular weight is 327 g/mol. The highest BCUT2D eigenvalue weighted by atomic mass is 35.5. The number of rotatable bonds is 3. The molecule has 3 aromatic rings. The number of carbonyl (C=O) groups excluding carboxylic acids is 1. The van der Waals surface area contributed by atoms with Crippen molar-refractivity contribution in [3.05, 3.63) is 64.3 Å². The minimum atomic E-state index is -0.0951. The van der Waals surface area contributed by atoms with Crippen LogP contribution in [-0.2, 0) is 6.54 Å². The van der Waals surface area contributed by atoms with Crippen molar-refractivity contribution in [1.29, 1.82) is 0 Å². The highest BCUT2D eigenvalue weighted by Gasteiger charge is 2.19. The number of halogens is 1. The Morgan fingerprint density at radius 3 is 2.65 bits per heavy atom. The van der Waals surface area contributed by atoms with Crippen molar-refractivity contribution in [1.82, 2.24) is 4.57 Å². The van der Waals surface area contributed by atoms with Crippen molar-refractivity contribution in [3.63, 3.8) is 0 Å². The van der Waals surface area contributed by atoms with Gasteiger partial charge in [0.05, 0.1) is 0 Å². The number of nitrogens with zero attached hydrogens (tertiary/aromatic N) is 1. The maximum absolute atomic E-state index is 12.8. The van der Waals surface area contributed by atoms with E-state index >= 15 is 0 Å². The number of hydrogen-bond acceptors (Lipinski definition) is 1. The molecule has 3 rings (SSSR count). The second-order valence-electron chi connectivity index (χ2n) is 5.70. The molecule has 23 heavy (non-hydrogen) atoms. The molecule has 0 unspecified atom stereocenters. The number of nitrogens with one attached hydrogen (secondary N) is 1. The molecule has 0 radical (unpaired) electrons. The van der Waals surface area contributed by atoms with Crippen LogP contribution in [0.15, 0.2) is 42.5 Å². The molecule has 0 bridgehead atoms. The lowest BCUT2D eigenvalue weighted by atomic mass is 10.1.